The molecule has 0 rings (SSSR count). The van der Waals surface area contributed by atoms with Crippen LogP contribution in [0.5, 0.6) is 0 Å². The topological polar surface area (TPSA) is 29.1 Å². The van der Waals surface area contributed by atoms with E-state index in [2.05, 4.69) is 24.4 Å². The molecule has 0 radical (unpaired) electrons. The molecule has 0 aromatic carbocycles. The van der Waals surface area contributed by atoms with E-state index < -0.39 is 0 Å². The highest BCUT2D eigenvalue weighted by Crippen LogP contribution is 2.09. The van der Waals surface area contributed by atoms with Crippen LogP contribution in [0, 0.1) is 0 Å². The molecule has 1 amide bonds. The Morgan fingerprint density at radius 3 is 1.76 bits per heavy atom. The van der Waals surface area contributed by atoms with Crippen molar-refractivity contribution in [2.24, 2.45) is 0 Å². The minimum absolute atomic E-state index is 0.174. The maximum Gasteiger partial charge on any atom is 0.219 e. The van der Waals surface area contributed by atoms with Crippen molar-refractivity contribution >= 4 is 5.91 Å². The van der Waals surface area contributed by atoms with Gasteiger partial charge in [0.25, 0.3) is 0 Å². The van der Waals surface area contributed by atoms with Gasteiger partial charge in [-0.15, -0.1) is 0 Å². The van der Waals surface area contributed by atoms with E-state index in [0.717, 1.165) is 6.42 Å². The summed E-state index contributed by atoms with van der Waals surface area (Å²) in [4.78, 5) is 11.0. The summed E-state index contributed by atoms with van der Waals surface area (Å²) in [6, 6.07) is 0. The van der Waals surface area contributed by atoms with E-state index in [1.54, 1.807) is 7.05 Å². The minimum atomic E-state index is 0.174. The Labute approximate surface area is 132 Å². The number of unbranched alkanes of at least 4 members (excludes halogenated alkanes) is 11. The molecule has 2 heteroatoms. The van der Waals surface area contributed by atoms with E-state index in [4.69, 9.17) is 0 Å². The molecule has 0 aromatic heterocycles. The number of carbonyl (C=O) groups excluding carboxylic acids is 1. The Hall–Kier alpha value is -0.790. The van der Waals surface area contributed by atoms with E-state index >= 15 is 0 Å². The predicted molar refractivity (Wildman–Crippen MR) is 93.5 cm³/mol. The quantitative estimate of drug-likeness (QED) is 0.301. The molecule has 124 valence electrons. The Balaban J connectivity index is 3.10. The van der Waals surface area contributed by atoms with Crippen LogP contribution in [0.15, 0.2) is 12.2 Å². The number of allylic oxidation sites excluding steroid dienone is 2. The maximum atomic E-state index is 11.0. The smallest absolute Gasteiger partial charge is 0.219 e. The van der Waals surface area contributed by atoms with Gasteiger partial charge < -0.3 is 5.32 Å². The third-order valence-electron chi connectivity index (χ3n) is 3.94. The molecule has 0 fully saturated rings. The zero-order valence-electron chi connectivity index (χ0n) is 14.5. The van der Waals surface area contributed by atoms with Gasteiger partial charge in [0.15, 0.2) is 0 Å². The molecule has 2 nitrogen and oxygen atoms in total. The van der Waals surface area contributed by atoms with Crippen molar-refractivity contribution in [3.05, 3.63) is 12.2 Å². The van der Waals surface area contributed by atoms with Gasteiger partial charge >= 0.3 is 0 Å². The second-order valence-corrected chi connectivity index (χ2v) is 6.01. The largest absolute Gasteiger partial charge is 0.359 e. The van der Waals surface area contributed by atoms with Gasteiger partial charge in [-0.05, 0) is 32.1 Å². The average Bonchev–Trinajstić information content (AvgIpc) is 2.50. The molecule has 0 atom stereocenters. The van der Waals surface area contributed by atoms with E-state index in [-0.39, 0.29) is 5.91 Å². The first-order chi connectivity index (χ1) is 10.3. The van der Waals surface area contributed by atoms with E-state index in [1.807, 2.05) is 0 Å². The van der Waals surface area contributed by atoms with E-state index in [9.17, 15) is 4.79 Å². The lowest BCUT2D eigenvalue weighted by Gasteiger charge is -2.00. The summed E-state index contributed by atoms with van der Waals surface area (Å²) in [6.45, 7) is 2.27. The van der Waals surface area contributed by atoms with Crippen LogP contribution >= 0.6 is 0 Å². The molecule has 0 aromatic rings. The van der Waals surface area contributed by atoms with Crippen LogP contribution in [-0.2, 0) is 4.79 Å². The van der Waals surface area contributed by atoms with Crippen molar-refractivity contribution in [3.8, 4) is 0 Å². The lowest BCUT2D eigenvalue weighted by Crippen LogP contribution is -2.16. The lowest BCUT2D eigenvalue weighted by atomic mass is 10.1. The van der Waals surface area contributed by atoms with Crippen LogP contribution in [0.1, 0.15) is 96.8 Å². The van der Waals surface area contributed by atoms with E-state index in [1.165, 1.54) is 77.0 Å². The molecule has 0 bridgehead atoms. The second kappa shape index (κ2) is 17.3. The zero-order chi connectivity index (χ0) is 15.6. The second-order valence-electron chi connectivity index (χ2n) is 6.01. The van der Waals surface area contributed by atoms with Gasteiger partial charge in [-0.1, -0.05) is 70.4 Å². The lowest BCUT2D eigenvalue weighted by molar-refractivity contribution is -0.120. The van der Waals surface area contributed by atoms with Gasteiger partial charge in [0, 0.05) is 13.5 Å². The van der Waals surface area contributed by atoms with Crippen LogP contribution in [-0.4, -0.2) is 13.0 Å². The first-order valence-corrected chi connectivity index (χ1v) is 9.16. The number of hydrogen-bond donors (Lipinski definition) is 1. The molecule has 0 heterocycles. The van der Waals surface area contributed by atoms with E-state index in [0.29, 0.717) is 6.42 Å². The molecule has 1 N–H and O–H groups in total. The Kier molecular flexibility index (Phi) is 16.6. The fourth-order valence-electron chi connectivity index (χ4n) is 2.48. The standard InChI is InChI=1S/C19H37NO/c1-3-4-5-6-7-8-9-10-11-12-13-14-15-16-17-18-19(21)20-2/h10-11H,3-9,12-18H2,1-2H3,(H,20,21)/b11-10-. The third-order valence-corrected chi connectivity index (χ3v) is 3.94. The molecule has 0 unspecified atom stereocenters. The summed E-state index contributed by atoms with van der Waals surface area (Å²) in [5.41, 5.74) is 0. The molecule has 0 saturated carbocycles. The summed E-state index contributed by atoms with van der Waals surface area (Å²) in [7, 11) is 1.71. The van der Waals surface area contributed by atoms with Gasteiger partial charge in [-0.2, -0.15) is 0 Å². The summed E-state index contributed by atoms with van der Waals surface area (Å²) in [5.74, 6) is 0.174. The van der Waals surface area contributed by atoms with Gasteiger partial charge in [0.1, 0.15) is 0 Å². The molecule has 0 saturated heterocycles. The van der Waals surface area contributed by atoms with Gasteiger partial charge in [-0.3, -0.25) is 4.79 Å². The average molecular weight is 296 g/mol. The van der Waals surface area contributed by atoms with Crippen molar-refractivity contribution in [2.75, 3.05) is 7.05 Å². The summed E-state index contributed by atoms with van der Waals surface area (Å²) < 4.78 is 0. The maximum absolute atomic E-state index is 11.0. The predicted octanol–water partition coefficient (Wildman–Crippen LogP) is 5.77. The number of rotatable bonds is 15. The van der Waals surface area contributed by atoms with Crippen LogP contribution in [0.2, 0.25) is 0 Å². The van der Waals surface area contributed by atoms with Crippen molar-refractivity contribution in [2.45, 2.75) is 96.8 Å². The highest BCUT2D eigenvalue weighted by molar-refractivity contribution is 5.75. The fourth-order valence-corrected chi connectivity index (χ4v) is 2.48. The van der Waals surface area contributed by atoms with Gasteiger partial charge in [0.05, 0.1) is 0 Å². The number of amides is 1. The normalized spacial score (nSPS) is 11.1. The molecule has 0 aliphatic rings. The molecule has 0 aliphatic carbocycles. The summed E-state index contributed by atoms with van der Waals surface area (Å²) in [6.07, 6.45) is 22.3. The third kappa shape index (κ3) is 17.2. The highest BCUT2D eigenvalue weighted by Gasteiger charge is 1.96. The van der Waals surface area contributed by atoms with Gasteiger partial charge in [0.2, 0.25) is 5.91 Å². The summed E-state index contributed by atoms with van der Waals surface area (Å²) in [5, 5.41) is 2.67. The first-order valence-electron chi connectivity index (χ1n) is 9.16. The van der Waals surface area contributed by atoms with Crippen LogP contribution in [0.4, 0.5) is 0 Å². The SMILES string of the molecule is CCCCCCCC/C=C\CCCCCCCC(=O)NC. The molecular weight excluding hydrogens is 258 g/mol. The number of carbonyl (C=O) groups is 1. The number of hydrogen-bond acceptors (Lipinski definition) is 1. The highest BCUT2D eigenvalue weighted by atomic mass is 16.1. The molecule has 0 spiro atoms. The number of nitrogens with one attached hydrogen (secondary N) is 1. The minimum Gasteiger partial charge on any atom is -0.359 e. The van der Waals surface area contributed by atoms with Crippen molar-refractivity contribution in [1.29, 1.82) is 0 Å². The summed E-state index contributed by atoms with van der Waals surface area (Å²) >= 11 is 0. The Bertz CT molecular complexity index is 248. The monoisotopic (exact) mass is 295 g/mol. The molecule has 21 heavy (non-hydrogen) atoms. The zero-order valence-corrected chi connectivity index (χ0v) is 14.5. The van der Waals surface area contributed by atoms with Crippen LogP contribution in [0.25, 0.3) is 0 Å². The fraction of sp³-hybridized carbons (Fsp3) is 0.842. The molecular formula is C19H37NO. The van der Waals surface area contributed by atoms with Crippen molar-refractivity contribution in [3.63, 3.8) is 0 Å². The Morgan fingerprint density at radius 1 is 0.762 bits per heavy atom. The Morgan fingerprint density at radius 2 is 1.24 bits per heavy atom. The molecule has 0 aliphatic heterocycles. The van der Waals surface area contributed by atoms with Crippen molar-refractivity contribution < 1.29 is 4.79 Å². The van der Waals surface area contributed by atoms with Gasteiger partial charge in [-0.25, -0.2) is 0 Å². The first kappa shape index (κ1) is 20.2. The van der Waals surface area contributed by atoms with Crippen LogP contribution < -0.4 is 5.32 Å². The van der Waals surface area contributed by atoms with Crippen LogP contribution in [0.3, 0.4) is 0 Å². The van der Waals surface area contributed by atoms with Crippen molar-refractivity contribution in [1.82, 2.24) is 5.32 Å².